The maximum atomic E-state index is 11.8. The van der Waals surface area contributed by atoms with Crippen molar-refractivity contribution in [3.63, 3.8) is 0 Å². The average Bonchev–Trinajstić information content (AvgIpc) is 3.23. The van der Waals surface area contributed by atoms with E-state index in [-0.39, 0.29) is 17.1 Å². The molecule has 5 nitrogen and oxygen atoms in total. The monoisotopic (exact) mass is 290 g/mol. The lowest BCUT2D eigenvalue weighted by Gasteiger charge is -2.26. The molecule has 1 aromatic carbocycles. The van der Waals surface area contributed by atoms with Crippen molar-refractivity contribution in [2.45, 2.75) is 38.6 Å². The molecule has 21 heavy (non-hydrogen) atoms. The number of urea groups is 1. The molecule has 0 radical (unpaired) electrons. The Balaban J connectivity index is 1.73. The second-order valence-electron chi connectivity index (χ2n) is 6.13. The van der Waals surface area contributed by atoms with Gasteiger partial charge in [-0.3, -0.25) is 0 Å². The van der Waals surface area contributed by atoms with Crippen LogP contribution in [0.4, 0.5) is 4.79 Å². The number of benzene rings is 1. The van der Waals surface area contributed by atoms with Gasteiger partial charge in [0.25, 0.3) is 0 Å². The molecule has 0 saturated heterocycles. The summed E-state index contributed by atoms with van der Waals surface area (Å²) in [6.07, 6.45) is 3.05. The molecule has 0 heterocycles. The van der Waals surface area contributed by atoms with Crippen molar-refractivity contribution >= 4 is 12.0 Å². The van der Waals surface area contributed by atoms with Gasteiger partial charge in [-0.05, 0) is 56.7 Å². The van der Waals surface area contributed by atoms with Crippen molar-refractivity contribution in [2.75, 3.05) is 6.54 Å². The van der Waals surface area contributed by atoms with Crippen LogP contribution in [0, 0.1) is 5.92 Å². The predicted molar refractivity (Wildman–Crippen MR) is 80.4 cm³/mol. The Kier molecular flexibility index (Phi) is 4.50. The van der Waals surface area contributed by atoms with Crippen LogP contribution in [0.15, 0.2) is 24.3 Å². The summed E-state index contributed by atoms with van der Waals surface area (Å²) in [6.45, 7) is 4.63. The van der Waals surface area contributed by atoms with E-state index in [0.29, 0.717) is 18.9 Å². The van der Waals surface area contributed by atoms with Crippen molar-refractivity contribution in [1.82, 2.24) is 10.6 Å². The number of hydrogen-bond acceptors (Lipinski definition) is 2. The molecule has 2 rings (SSSR count). The van der Waals surface area contributed by atoms with Crippen LogP contribution < -0.4 is 10.6 Å². The van der Waals surface area contributed by atoms with Crippen molar-refractivity contribution in [3.8, 4) is 0 Å². The molecule has 0 aliphatic heterocycles. The number of rotatable bonds is 6. The lowest BCUT2D eigenvalue weighted by Crippen LogP contribution is -2.50. The molecule has 0 bridgehead atoms. The third-order valence-corrected chi connectivity index (χ3v) is 3.93. The first-order valence-corrected chi connectivity index (χ1v) is 7.27. The third kappa shape index (κ3) is 4.48. The first-order chi connectivity index (χ1) is 9.88. The van der Waals surface area contributed by atoms with E-state index >= 15 is 0 Å². The molecule has 1 aromatic rings. The summed E-state index contributed by atoms with van der Waals surface area (Å²) in [4.78, 5) is 22.6. The molecule has 1 saturated carbocycles. The van der Waals surface area contributed by atoms with Crippen LogP contribution >= 0.6 is 0 Å². The maximum Gasteiger partial charge on any atom is 0.335 e. The summed E-state index contributed by atoms with van der Waals surface area (Å²) >= 11 is 0. The molecule has 0 spiro atoms. The van der Waals surface area contributed by atoms with Crippen molar-refractivity contribution < 1.29 is 14.7 Å². The number of carbonyl (C=O) groups excluding carboxylic acids is 1. The molecule has 2 amide bonds. The van der Waals surface area contributed by atoms with Crippen LogP contribution in [0.3, 0.4) is 0 Å². The van der Waals surface area contributed by atoms with Gasteiger partial charge in [-0.1, -0.05) is 12.1 Å². The van der Waals surface area contributed by atoms with Gasteiger partial charge in [-0.2, -0.15) is 0 Å². The molecule has 114 valence electrons. The summed E-state index contributed by atoms with van der Waals surface area (Å²) in [5, 5.41) is 14.7. The van der Waals surface area contributed by atoms with Gasteiger partial charge in [0.2, 0.25) is 0 Å². The molecule has 1 aliphatic carbocycles. The molecule has 5 heteroatoms. The van der Waals surface area contributed by atoms with Gasteiger partial charge in [0.05, 0.1) is 5.56 Å². The number of carbonyl (C=O) groups is 2. The highest BCUT2D eigenvalue weighted by Gasteiger charge is 2.38. The van der Waals surface area contributed by atoms with E-state index < -0.39 is 5.97 Å². The Morgan fingerprint density at radius 3 is 2.38 bits per heavy atom. The van der Waals surface area contributed by atoms with Crippen LogP contribution in [-0.4, -0.2) is 29.2 Å². The number of amides is 2. The van der Waals surface area contributed by atoms with Gasteiger partial charge in [-0.15, -0.1) is 0 Å². The first-order valence-electron chi connectivity index (χ1n) is 7.27. The maximum absolute atomic E-state index is 11.8. The third-order valence-electron chi connectivity index (χ3n) is 3.93. The van der Waals surface area contributed by atoms with Gasteiger partial charge in [-0.25, -0.2) is 9.59 Å². The highest BCUT2D eigenvalue weighted by atomic mass is 16.4. The van der Waals surface area contributed by atoms with E-state index in [2.05, 4.69) is 24.5 Å². The summed E-state index contributed by atoms with van der Waals surface area (Å²) in [5.41, 5.74) is 1.13. The van der Waals surface area contributed by atoms with Crippen LogP contribution in [0.25, 0.3) is 0 Å². The number of carboxylic acids is 1. The fourth-order valence-corrected chi connectivity index (χ4v) is 2.38. The largest absolute Gasteiger partial charge is 0.478 e. The molecular weight excluding hydrogens is 268 g/mol. The zero-order chi connectivity index (χ0) is 15.5. The minimum atomic E-state index is -0.929. The van der Waals surface area contributed by atoms with E-state index in [0.717, 1.165) is 5.56 Å². The minimum Gasteiger partial charge on any atom is -0.478 e. The number of hydrogen-bond donors (Lipinski definition) is 3. The molecule has 0 aromatic heterocycles. The van der Waals surface area contributed by atoms with Crippen molar-refractivity contribution in [2.24, 2.45) is 5.92 Å². The van der Waals surface area contributed by atoms with E-state index in [9.17, 15) is 9.59 Å². The Morgan fingerprint density at radius 1 is 1.24 bits per heavy atom. The molecule has 0 atom stereocenters. The van der Waals surface area contributed by atoms with E-state index in [1.807, 2.05) is 0 Å². The van der Waals surface area contributed by atoms with Gasteiger partial charge >= 0.3 is 12.0 Å². The van der Waals surface area contributed by atoms with Gasteiger partial charge in [0.1, 0.15) is 0 Å². The zero-order valence-electron chi connectivity index (χ0n) is 12.5. The Morgan fingerprint density at radius 2 is 1.86 bits per heavy atom. The minimum absolute atomic E-state index is 0.144. The summed E-state index contributed by atoms with van der Waals surface area (Å²) in [7, 11) is 0. The predicted octanol–water partition coefficient (Wildman–Crippen LogP) is 2.42. The normalized spacial score (nSPS) is 14.6. The van der Waals surface area contributed by atoms with Gasteiger partial charge in [0, 0.05) is 12.1 Å². The highest BCUT2D eigenvalue weighted by molar-refractivity contribution is 5.87. The standard InChI is InChI=1S/C16H22N2O3/c1-16(2,13-7-8-13)18-15(21)17-10-9-11-3-5-12(6-4-11)14(19)20/h3-6,13H,7-10H2,1-2H3,(H,19,20)(H2,17,18,21). The average molecular weight is 290 g/mol. The molecular formula is C16H22N2O3. The van der Waals surface area contributed by atoms with Gasteiger partial charge in [0.15, 0.2) is 0 Å². The lowest BCUT2D eigenvalue weighted by atomic mass is 9.99. The van der Waals surface area contributed by atoms with E-state index in [1.54, 1.807) is 24.3 Å². The molecule has 1 fully saturated rings. The van der Waals surface area contributed by atoms with Crippen molar-refractivity contribution in [1.29, 1.82) is 0 Å². The number of nitrogens with one attached hydrogen (secondary N) is 2. The smallest absolute Gasteiger partial charge is 0.335 e. The molecule has 1 aliphatic rings. The Hall–Kier alpha value is -2.04. The molecule has 3 N–H and O–H groups in total. The van der Waals surface area contributed by atoms with E-state index in [4.69, 9.17) is 5.11 Å². The van der Waals surface area contributed by atoms with Crippen LogP contribution in [0.2, 0.25) is 0 Å². The van der Waals surface area contributed by atoms with Crippen LogP contribution in [0.5, 0.6) is 0 Å². The zero-order valence-corrected chi connectivity index (χ0v) is 12.5. The second-order valence-corrected chi connectivity index (χ2v) is 6.13. The second kappa shape index (κ2) is 6.16. The number of aromatic carboxylic acids is 1. The van der Waals surface area contributed by atoms with E-state index in [1.165, 1.54) is 12.8 Å². The van der Waals surface area contributed by atoms with Crippen LogP contribution in [-0.2, 0) is 6.42 Å². The Labute approximate surface area is 124 Å². The number of carboxylic acid groups (broad SMARTS) is 1. The van der Waals surface area contributed by atoms with Crippen LogP contribution in [0.1, 0.15) is 42.6 Å². The summed E-state index contributed by atoms with van der Waals surface area (Å²) in [5.74, 6) is -0.340. The lowest BCUT2D eigenvalue weighted by molar-refractivity contribution is 0.0697. The summed E-state index contributed by atoms with van der Waals surface area (Å²) < 4.78 is 0. The van der Waals surface area contributed by atoms with Crippen molar-refractivity contribution in [3.05, 3.63) is 35.4 Å². The Bertz CT molecular complexity index is 519. The van der Waals surface area contributed by atoms with Gasteiger partial charge < -0.3 is 15.7 Å². The first kappa shape index (κ1) is 15.4. The summed E-state index contributed by atoms with van der Waals surface area (Å²) in [6, 6.07) is 6.56. The molecule has 0 unspecified atom stereocenters. The highest BCUT2D eigenvalue weighted by Crippen LogP contribution is 2.39. The fraction of sp³-hybridized carbons (Fsp3) is 0.500. The quantitative estimate of drug-likeness (QED) is 0.753. The fourth-order valence-electron chi connectivity index (χ4n) is 2.38. The topological polar surface area (TPSA) is 78.4 Å². The SMILES string of the molecule is CC(C)(NC(=O)NCCc1ccc(C(=O)O)cc1)C1CC1.